The van der Waals surface area contributed by atoms with Gasteiger partial charge in [-0.2, -0.15) is 0 Å². The molecule has 0 atom stereocenters. The van der Waals surface area contributed by atoms with Crippen molar-refractivity contribution in [1.29, 1.82) is 0 Å². The van der Waals surface area contributed by atoms with Crippen molar-refractivity contribution in [3.63, 3.8) is 0 Å². The minimum absolute atomic E-state index is 0.0535. The van der Waals surface area contributed by atoms with E-state index in [9.17, 15) is 9.59 Å². The molecule has 120 valence electrons. The van der Waals surface area contributed by atoms with Crippen LogP contribution in [-0.2, 0) is 4.79 Å². The molecule has 2 rings (SSSR count). The van der Waals surface area contributed by atoms with Crippen molar-refractivity contribution >= 4 is 11.8 Å². The summed E-state index contributed by atoms with van der Waals surface area (Å²) in [5, 5.41) is 3.00. The molecular weight excluding hydrogens is 276 g/mol. The summed E-state index contributed by atoms with van der Waals surface area (Å²) in [6.45, 7) is 6.17. The molecule has 4 heteroatoms. The number of rotatable bonds is 5. The van der Waals surface area contributed by atoms with Gasteiger partial charge in [-0.25, -0.2) is 0 Å². The van der Waals surface area contributed by atoms with E-state index in [0.717, 1.165) is 43.4 Å². The Kier molecular flexibility index (Phi) is 5.99. The van der Waals surface area contributed by atoms with Crippen LogP contribution in [0.1, 0.15) is 48.5 Å². The van der Waals surface area contributed by atoms with E-state index in [1.54, 1.807) is 0 Å². The van der Waals surface area contributed by atoms with Gasteiger partial charge in [0, 0.05) is 31.1 Å². The fraction of sp³-hybridized carbons (Fsp3) is 0.556. The molecule has 22 heavy (non-hydrogen) atoms. The highest BCUT2D eigenvalue weighted by Gasteiger charge is 2.27. The second kappa shape index (κ2) is 7.97. The third-order valence-electron chi connectivity index (χ3n) is 4.36. The average Bonchev–Trinajstić information content (AvgIpc) is 2.55. The second-order valence-electron chi connectivity index (χ2n) is 6.03. The Morgan fingerprint density at radius 2 is 1.91 bits per heavy atom. The van der Waals surface area contributed by atoms with Crippen molar-refractivity contribution < 1.29 is 9.59 Å². The van der Waals surface area contributed by atoms with Crippen molar-refractivity contribution in [1.82, 2.24) is 10.2 Å². The van der Waals surface area contributed by atoms with Gasteiger partial charge in [-0.1, -0.05) is 31.5 Å². The predicted octanol–water partition coefficient (Wildman–Crippen LogP) is 2.76. The van der Waals surface area contributed by atoms with Crippen molar-refractivity contribution in [2.45, 2.75) is 39.5 Å². The van der Waals surface area contributed by atoms with E-state index in [1.165, 1.54) is 0 Å². The lowest BCUT2D eigenvalue weighted by Crippen LogP contribution is -2.43. The van der Waals surface area contributed by atoms with Gasteiger partial charge in [0.25, 0.3) is 5.91 Å². The zero-order valence-electron chi connectivity index (χ0n) is 13.6. The first kappa shape index (κ1) is 16.5. The molecule has 0 unspecified atom stereocenters. The van der Waals surface area contributed by atoms with Crippen molar-refractivity contribution in [3.8, 4) is 0 Å². The summed E-state index contributed by atoms with van der Waals surface area (Å²) >= 11 is 0. The molecule has 0 radical (unpaired) electrons. The second-order valence-corrected chi connectivity index (χ2v) is 6.03. The van der Waals surface area contributed by atoms with Crippen LogP contribution in [-0.4, -0.2) is 36.3 Å². The number of piperidine rings is 1. The Morgan fingerprint density at radius 3 is 2.55 bits per heavy atom. The smallest absolute Gasteiger partial charge is 0.254 e. The number of carbonyl (C=O) groups excluding carboxylic acids is 2. The molecule has 1 aliphatic heterocycles. The van der Waals surface area contributed by atoms with Crippen LogP contribution in [0.25, 0.3) is 0 Å². The van der Waals surface area contributed by atoms with Gasteiger partial charge in [-0.05, 0) is 37.8 Å². The number of nitrogens with zero attached hydrogens (tertiary/aromatic N) is 1. The number of hydrogen-bond donors (Lipinski definition) is 1. The number of carbonyl (C=O) groups is 2. The maximum Gasteiger partial charge on any atom is 0.254 e. The van der Waals surface area contributed by atoms with E-state index < -0.39 is 0 Å². The van der Waals surface area contributed by atoms with E-state index in [-0.39, 0.29) is 17.7 Å². The lowest BCUT2D eigenvalue weighted by atomic mass is 9.95. The third-order valence-corrected chi connectivity index (χ3v) is 4.36. The first-order chi connectivity index (χ1) is 10.6. The van der Waals surface area contributed by atoms with Crippen LogP contribution in [0.5, 0.6) is 0 Å². The van der Waals surface area contributed by atoms with Crippen LogP contribution in [0, 0.1) is 12.8 Å². The predicted molar refractivity (Wildman–Crippen MR) is 87.7 cm³/mol. The summed E-state index contributed by atoms with van der Waals surface area (Å²) in [6.07, 6.45) is 3.63. The molecule has 1 N–H and O–H groups in total. The van der Waals surface area contributed by atoms with E-state index in [2.05, 4.69) is 12.2 Å². The van der Waals surface area contributed by atoms with Gasteiger partial charge in [0.2, 0.25) is 5.91 Å². The number of nitrogens with one attached hydrogen (secondary N) is 1. The van der Waals surface area contributed by atoms with Gasteiger partial charge in [0.05, 0.1) is 0 Å². The van der Waals surface area contributed by atoms with Gasteiger partial charge in [-0.15, -0.1) is 0 Å². The molecule has 1 saturated heterocycles. The minimum atomic E-state index is 0.0535. The van der Waals surface area contributed by atoms with Gasteiger partial charge in [0.1, 0.15) is 0 Å². The number of unbranched alkanes of at least 4 members (excludes halogenated alkanes) is 1. The standard InChI is InChI=1S/C18H26N2O2/c1-3-4-11-19-17(21)15-9-12-20(13-10-15)18(22)16-8-6-5-7-14(16)2/h5-8,15H,3-4,9-13H2,1-2H3,(H,19,21). The number of likely N-dealkylation sites (tertiary alicyclic amines) is 1. The molecule has 0 aromatic heterocycles. The number of hydrogen-bond acceptors (Lipinski definition) is 2. The quantitative estimate of drug-likeness (QED) is 0.850. The minimum Gasteiger partial charge on any atom is -0.356 e. The number of benzene rings is 1. The van der Waals surface area contributed by atoms with Gasteiger partial charge in [-0.3, -0.25) is 9.59 Å². The highest BCUT2D eigenvalue weighted by molar-refractivity contribution is 5.95. The molecule has 1 aromatic rings. The lowest BCUT2D eigenvalue weighted by Gasteiger charge is -2.31. The molecule has 1 aliphatic rings. The van der Waals surface area contributed by atoms with E-state index in [1.807, 2.05) is 36.1 Å². The molecule has 0 spiro atoms. The van der Waals surface area contributed by atoms with Gasteiger partial charge >= 0.3 is 0 Å². The summed E-state index contributed by atoms with van der Waals surface area (Å²) < 4.78 is 0. The van der Waals surface area contributed by atoms with Gasteiger partial charge in [0.15, 0.2) is 0 Å². The summed E-state index contributed by atoms with van der Waals surface area (Å²) in [5.74, 6) is 0.289. The van der Waals surface area contributed by atoms with E-state index >= 15 is 0 Å². The molecule has 2 amide bonds. The number of amides is 2. The zero-order valence-corrected chi connectivity index (χ0v) is 13.6. The summed E-state index contributed by atoms with van der Waals surface area (Å²) in [6, 6.07) is 7.68. The molecular formula is C18H26N2O2. The van der Waals surface area contributed by atoms with Crippen LogP contribution < -0.4 is 5.32 Å². The largest absolute Gasteiger partial charge is 0.356 e. The highest BCUT2D eigenvalue weighted by Crippen LogP contribution is 2.20. The highest BCUT2D eigenvalue weighted by atomic mass is 16.2. The lowest BCUT2D eigenvalue weighted by molar-refractivity contribution is -0.126. The summed E-state index contributed by atoms with van der Waals surface area (Å²) in [5.41, 5.74) is 1.78. The Bertz CT molecular complexity index is 520. The van der Waals surface area contributed by atoms with E-state index in [0.29, 0.717) is 13.1 Å². The molecule has 0 saturated carbocycles. The summed E-state index contributed by atoms with van der Waals surface area (Å²) in [7, 11) is 0. The fourth-order valence-corrected chi connectivity index (χ4v) is 2.86. The van der Waals surface area contributed by atoms with Crippen LogP contribution in [0.15, 0.2) is 24.3 Å². The topological polar surface area (TPSA) is 49.4 Å². The maximum atomic E-state index is 12.5. The number of aryl methyl sites for hydroxylation is 1. The Morgan fingerprint density at radius 1 is 1.23 bits per heavy atom. The third kappa shape index (κ3) is 4.09. The van der Waals surface area contributed by atoms with E-state index in [4.69, 9.17) is 0 Å². The summed E-state index contributed by atoms with van der Waals surface area (Å²) in [4.78, 5) is 26.5. The van der Waals surface area contributed by atoms with Gasteiger partial charge < -0.3 is 10.2 Å². The molecule has 1 fully saturated rings. The maximum absolute atomic E-state index is 12.5. The average molecular weight is 302 g/mol. The Labute approximate surface area is 132 Å². The molecule has 1 heterocycles. The van der Waals surface area contributed by atoms with Crippen LogP contribution in [0.3, 0.4) is 0 Å². The normalized spacial score (nSPS) is 15.6. The monoisotopic (exact) mass is 302 g/mol. The molecule has 0 aliphatic carbocycles. The Balaban J connectivity index is 1.85. The zero-order chi connectivity index (χ0) is 15.9. The SMILES string of the molecule is CCCCNC(=O)C1CCN(C(=O)c2ccccc2C)CC1. The van der Waals surface area contributed by atoms with Crippen LogP contribution >= 0.6 is 0 Å². The molecule has 1 aromatic carbocycles. The first-order valence-electron chi connectivity index (χ1n) is 8.26. The fourth-order valence-electron chi connectivity index (χ4n) is 2.86. The van der Waals surface area contributed by atoms with Crippen LogP contribution in [0.4, 0.5) is 0 Å². The van der Waals surface area contributed by atoms with Crippen molar-refractivity contribution in [2.75, 3.05) is 19.6 Å². The Hall–Kier alpha value is -1.84. The molecule has 0 bridgehead atoms. The van der Waals surface area contributed by atoms with Crippen molar-refractivity contribution in [2.24, 2.45) is 5.92 Å². The first-order valence-corrected chi connectivity index (χ1v) is 8.26. The molecule has 4 nitrogen and oxygen atoms in total. The van der Waals surface area contributed by atoms with Crippen molar-refractivity contribution in [3.05, 3.63) is 35.4 Å². The van der Waals surface area contributed by atoms with Crippen LogP contribution in [0.2, 0.25) is 0 Å².